The van der Waals surface area contributed by atoms with Crippen molar-refractivity contribution in [2.24, 2.45) is 0 Å². The fourth-order valence-corrected chi connectivity index (χ4v) is 3.28. The number of nitrogens with zero attached hydrogens (tertiary/aromatic N) is 2. The Bertz CT molecular complexity index is 1030. The summed E-state index contributed by atoms with van der Waals surface area (Å²) >= 11 is 1.46. The van der Waals surface area contributed by atoms with Crippen molar-refractivity contribution >= 4 is 40.6 Å². The molecule has 0 radical (unpaired) electrons. The van der Waals surface area contributed by atoms with E-state index < -0.39 is 23.9 Å². The van der Waals surface area contributed by atoms with E-state index in [0.29, 0.717) is 17.2 Å². The maximum Gasteiger partial charge on any atom is 0.325 e. The Balaban J connectivity index is 2.07. The summed E-state index contributed by atoms with van der Waals surface area (Å²) in [6.45, 7) is 1.31. The van der Waals surface area contributed by atoms with Gasteiger partial charge >= 0.3 is 11.9 Å². The van der Waals surface area contributed by atoms with Crippen LogP contribution in [-0.2, 0) is 14.3 Å². The zero-order chi connectivity index (χ0) is 20.3. The Hall–Kier alpha value is -3.40. The Morgan fingerprint density at radius 3 is 2.75 bits per heavy atom. The highest BCUT2D eigenvalue weighted by Crippen LogP contribution is 2.32. The minimum absolute atomic E-state index is 0.0743. The van der Waals surface area contributed by atoms with E-state index in [9.17, 15) is 14.4 Å². The molecule has 1 amide bonds. The minimum Gasteiger partial charge on any atom is -0.480 e. The van der Waals surface area contributed by atoms with Crippen molar-refractivity contribution in [1.29, 1.82) is 0 Å². The van der Waals surface area contributed by atoms with Crippen molar-refractivity contribution in [3.05, 3.63) is 41.4 Å². The number of rotatable bonds is 7. The van der Waals surface area contributed by atoms with E-state index in [1.165, 1.54) is 25.4 Å². The molecule has 0 saturated heterocycles. The van der Waals surface area contributed by atoms with Gasteiger partial charge in [0, 0.05) is 6.20 Å². The Kier molecular flexibility index (Phi) is 5.59. The molecular formula is C18H18N4O5S. The number of thiophene rings is 1. The highest BCUT2D eigenvalue weighted by molar-refractivity contribution is 7.13. The lowest BCUT2D eigenvalue weighted by molar-refractivity contribution is -0.139. The molecule has 146 valence electrons. The Morgan fingerprint density at radius 2 is 2.11 bits per heavy atom. The zero-order valence-corrected chi connectivity index (χ0v) is 15.9. The van der Waals surface area contributed by atoms with Gasteiger partial charge in [0.05, 0.1) is 17.6 Å². The second-order valence-corrected chi connectivity index (χ2v) is 6.81. The molecule has 0 aliphatic carbocycles. The summed E-state index contributed by atoms with van der Waals surface area (Å²) in [4.78, 5) is 40.6. The molecule has 3 aromatic rings. The second-order valence-electron chi connectivity index (χ2n) is 5.86. The van der Waals surface area contributed by atoms with Crippen LogP contribution < -0.4 is 10.6 Å². The van der Waals surface area contributed by atoms with Crippen LogP contribution in [0.1, 0.15) is 17.3 Å². The molecule has 0 aliphatic heterocycles. The zero-order valence-electron chi connectivity index (χ0n) is 15.1. The molecule has 10 heteroatoms. The number of nitrogens with one attached hydrogen (secondary N) is 2. The number of esters is 1. The van der Waals surface area contributed by atoms with Gasteiger partial charge in [-0.3, -0.25) is 18.8 Å². The number of hydrogen-bond donors (Lipinski definition) is 3. The highest BCUT2D eigenvalue weighted by Gasteiger charge is 2.22. The van der Waals surface area contributed by atoms with Crippen molar-refractivity contribution in [2.75, 3.05) is 19.0 Å². The van der Waals surface area contributed by atoms with Gasteiger partial charge in [-0.15, -0.1) is 11.3 Å². The number of imidazole rings is 1. The van der Waals surface area contributed by atoms with Crippen LogP contribution in [-0.4, -0.2) is 52.0 Å². The lowest BCUT2D eigenvalue weighted by Gasteiger charge is -2.10. The maximum absolute atomic E-state index is 12.6. The van der Waals surface area contributed by atoms with E-state index in [-0.39, 0.29) is 12.1 Å². The number of pyridine rings is 1. The molecule has 9 nitrogen and oxygen atoms in total. The molecule has 0 saturated carbocycles. The first-order valence-electron chi connectivity index (χ1n) is 8.31. The number of fused-ring (bicyclic) bond motifs is 1. The molecule has 0 bridgehead atoms. The number of aliphatic carboxylic acids is 1. The number of carboxylic acid groups (broad SMARTS) is 1. The second kappa shape index (κ2) is 8.09. The molecule has 3 aromatic heterocycles. The molecule has 0 fully saturated rings. The normalized spacial score (nSPS) is 11.8. The summed E-state index contributed by atoms with van der Waals surface area (Å²) in [5.41, 5.74) is 1.14. The Morgan fingerprint density at radius 1 is 1.32 bits per heavy atom. The molecule has 1 unspecified atom stereocenters. The van der Waals surface area contributed by atoms with Crippen molar-refractivity contribution < 1.29 is 24.2 Å². The minimum atomic E-state index is -1.14. The first-order valence-corrected chi connectivity index (χ1v) is 9.19. The fourth-order valence-electron chi connectivity index (χ4n) is 2.56. The van der Waals surface area contributed by atoms with Gasteiger partial charge < -0.3 is 20.5 Å². The lowest BCUT2D eigenvalue weighted by atomic mass is 10.2. The smallest absolute Gasteiger partial charge is 0.325 e. The van der Waals surface area contributed by atoms with Crippen molar-refractivity contribution in [3.63, 3.8) is 0 Å². The van der Waals surface area contributed by atoms with Crippen LogP contribution in [0.5, 0.6) is 0 Å². The van der Waals surface area contributed by atoms with Crippen LogP contribution in [0.15, 0.2) is 35.8 Å². The fraction of sp³-hybridized carbons (Fsp3) is 0.222. The number of methoxy groups -OCH3 is 1. The summed E-state index contributed by atoms with van der Waals surface area (Å²) in [6, 6.07) is 5.92. The molecule has 3 rings (SSSR count). The third kappa shape index (κ3) is 3.81. The summed E-state index contributed by atoms with van der Waals surface area (Å²) in [6.07, 6.45) is 1.70. The van der Waals surface area contributed by atoms with E-state index in [1.54, 1.807) is 22.7 Å². The van der Waals surface area contributed by atoms with Crippen LogP contribution in [0, 0.1) is 0 Å². The van der Waals surface area contributed by atoms with Gasteiger partial charge in [0.25, 0.3) is 5.91 Å². The van der Waals surface area contributed by atoms with Crippen LogP contribution >= 0.6 is 11.3 Å². The molecular weight excluding hydrogens is 384 g/mol. The van der Waals surface area contributed by atoms with E-state index in [2.05, 4.69) is 20.4 Å². The van der Waals surface area contributed by atoms with Crippen molar-refractivity contribution in [3.8, 4) is 10.6 Å². The third-order valence-electron chi connectivity index (χ3n) is 4.00. The highest BCUT2D eigenvalue weighted by atomic mass is 32.1. The third-order valence-corrected chi connectivity index (χ3v) is 4.87. The molecule has 3 heterocycles. The van der Waals surface area contributed by atoms with E-state index in [0.717, 1.165) is 4.88 Å². The molecule has 0 spiro atoms. The van der Waals surface area contributed by atoms with E-state index >= 15 is 0 Å². The van der Waals surface area contributed by atoms with Gasteiger partial charge in [0.1, 0.15) is 24.1 Å². The van der Waals surface area contributed by atoms with Crippen molar-refractivity contribution in [2.45, 2.75) is 13.0 Å². The predicted octanol–water partition coefficient (Wildman–Crippen LogP) is 1.85. The van der Waals surface area contributed by atoms with E-state index in [4.69, 9.17) is 5.11 Å². The summed E-state index contributed by atoms with van der Waals surface area (Å²) in [5.74, 6) is -1.61. The van der Waals surface area contributed by atoms with Gasteiger partial charge in [-0.1, -0.05) is 6.07 Å². The van der Waals surface area contributed by atoms with Crippen LogP contribution in [0.25, 0.3) is 16.2 Å². The lowest BCUT2D eigenvalue weighted by Crippen LogP contribution is -2.38. The summed E-state index contributed by atoms with van der Waals surface area (Å²) in [7, 11) is 1.30. The predicted molar refractivity (Wildman–Crippen MR) is 104 cm³/mol. The largest absolute Gasteiger partial charge is 0.480 e. The quantitative estimate of drug-likeness (QED) is 0.516. The maximum atomic E-state index is 12.6. The number of aromatic nitrogens is 2. The molecule has 1 atom stereocenters. The number of carbonyl (C=O) groups is 3. The Labute approximate surface area is 164 Å². The van der Waals surface area contributed by atoms with Gasteiger partial charge in [-0.05, 0) is 30.5 Å². The number of anilines is 1. The molecule has 0 aliphatic rings. The SMILES string of the molecule is COC(=O)CNc1c(-c2cccs2)nc2c(C(=O)NC(C)C(=O)O)cccn12. The number of ether oxygens (including phenoxy) is 1. The topological polar surface area (TPSA) is 122 Å². The first kappa shape index (κ1) is 19.4. The summed E-state index contributed by atoms with van der Waals surface area (Å²) < 4.78 is 6.32. The van der Waals surface area contributed by atoms with Crippen LogP contribution in [0.2, 0.25) is 0 Å². The summed E-state index contributed by atoms with van der Waals surface area (Å²) in [5, 5.41) is 16.4. The van der Waals surface area contributed by atoms with Gasteiger partial charge in [-0.2, -0.15) is 0 Å². The standard InChI is InChI=1S/C18H18N4O5S/c1-10(18(25)26)20-17(24)11-5-3-7-22-15(11)21-14(12-6-4-8-28-12)16(22)19-9-13(23)27-2/h3-8,10,19H,9H2,1-2H3,(H,20,24)(H,25,26). The molecule has 0 aromatic carbocycles. The number of hydrogen-bond acceptors (Lipinski definition) is 7. The average Bonchev–Trinajstić information content (AvgIpc) is 3.33. The van der Waals surface area contributed by atoms with Crippen LogP contribution in [0.4, 0.5) is 5.82 Å². The average molecular weight is 402 g/mol. The molecule has 3 N–H and O–H groups in total. The number of carboxylic acids is 1. The van der Waals surface area contributed by atoms with Gasteiger partial charge in [0.2, 0.25) is 0 Å². The molecule has 28 heavy (non-hydrogen) atoms. The van der Waals surface area contributed by atoms with E-state index in [1.807, 2.05) is 17.5 Å². The van der Waals surface area contributed by atoms with Gasteiger partial charge in [-0.25, -0.2) is 4.98 Å². The first-order chi connectivity index (χ1) is 13.4. The monoisotopic (exact) mass is 402 g/mol. The van der Waals surface area contributed by atoms with Crippen LogP contribution in [0.3, 0.4) is 0 Å². The van der Waals surface area contributed by atoms with Gasteiger partial charge in [0.15, 0.2) is 5.65 Å². The van der Waals surface area contributed by atoms with Crippen molar-refractivity contribution in [1.82, 2.24) is 14.7 Å². The number of amides is 1. The number of carbonyl (C=O) groups excluding carboxylic acids is 2.